The highest BCUT2D eigenvalue weighted by Crippen LogP contribution is 2.29. The second kappa shape index (κ2) is 8.38. The molecule has 0 unspecified atom stereocenters. The quantitative estimate of drug-likeness (QED) is 0.431. The molecular formula is C22H21N5O3S2. The Morgan fingerprint density at radius 2 is 1.94 bits per heavy atom. The van der Waals surface area contributed by atoms with Gasteiger partial charge in [-0.2, -0.15) is 15.6 Å². The maximum absolute atomic E-state index is 12.7. The molecular weight excluding hydrogens is 446 g/mol. The van der Waals surface area contributed by atoms with Gasteiger partial charge in [-0.25, -0.2) is 13.4 Å². The Balaban J connectivity index is 0.00000259. The smallest absolute Gasteiger partial charge is 0.268 e. The van der Waals surface area contributed by atoms with Crippen LogP contribution in [0.5, 0.6) is 0 Å². The van der Waals surface area contributed by atoms with Crippen molar-refractivity contribution in [2.45, 2.75) is 18.2 Å². The van der Waals surface area contributed by atoms with Gasteiger partial charge in [0.1, 0.15) is 5.69 Å². The summed E-state index contributed by atoms with van der Waals surface area (Å²) in [6, 6.07) is 11.2. The highest BCUT2D eigenvalue weighted by atomic mass is 32.2. The summed E-state index contributed by atoms with van der Waals surface area (Å²) >= 11 is 1.37. The second-order valence-corrected chi connectivity index (χ2v) is 9.99. The Labute approximate surface area is 190 Å². The summed E-state index contributed by atoms with van der Waals surface area (Å²) in [6.07, 6.45) is 4.13. The minimum atomic E-state index is -3.48. The van der Waals surface area contributed by atoms with Crippen molar-refractivity contribution in [2.75, 3.05) is 13.1 Å². The van der Waals surface area contributed by atoms with Crippen molar-refractivity contribution in [3.63, 3.8) is 0 Å². The molecule has 0 aliphatic carbocycles. The van der Waals surface area contributed by atoms with E-state index in [-0.39, 0.29) is 7.97 Å². The van der Waals surface area contributed by atoms with Crippen molar-refractivity contribution in [1.29, 1.82) is 0 Å². The van der Waals surface area contributed by atoms with Crippen molar-refractivity contribution in [2.24, 2.45) is 0 Å². The van der Waals surface area contributed by atoms with Gasteiger partial charge in [0.2, 0.25) is 15.9 Å². The molecule has 3 aromatic heterocycles. The SMILES string of the molecule is Cc1ncc(C2=CCN(S(=O)(=O)c3ccsc3)CC2)nc1-c1nnc(-c2ccccc2)o1.[HH]. The Hall–Kier alpha value is -3.21. The van der Waals surface area contributed by atoms with E-state index >= 15 is 0 Å². The summed E-state index contributed by atoms with van der Waals surface area (Å²) in [7, 11) is -3.48. The van der Waals surface area contributed by atoms with E-state index in [1.54, 1.807) is 23.0 Å². The summed E-state index contributed by atoms with van der Waals surface area (Å²) in [4.78, 5) is 9.51. The standard InChI is InChI=1S/C22H19N5O3S2.H2/c1-15-20(22-26-25-21(30-22)17-5-3-2-4-6-17)24-19(13-23-15)16-7-10-27(11-8-16)32(28,29)18-9-12-31-14-18;/h2-7,9,12-14H,8,10-11H2,1H3;1H. The van der Waals surface area contributed by atoms with Gasteiger partial charge in [0, 0.05) is 25.5 Å². The third kappa shape index (κ3) is 3.88. The van der Waals surface area contributed by atoms with E-state index in [1.807, 2.05) is 43.3 Å². The molecule has 164 valence electrons. The molecule has 0 bridgehead atoms. The van der Waals surface area contributed by atoms with E-state index in [4.69, 9.17) is 9.40 Å². The highest BCUT2D eigenvalue weighted by Gasteiger charge is 2.27. The van der Waals surface area contributed by atoms with E-state index in [2.05, 4.69) is 15.2 Å². The Morgan fingerprint density at radius 1 is 1.12 bits per heavy atom. The predicted octanol–water partition coefficient (Wildman–Crippen LogP) is 4.29. The molecule has 0 amide bonds. The average Bonchev–Trinajstić information content (AvgIpc) is 3.53. The molecule has 0 N–H and O–H groups in total. The van der Waals surface area contributed by atoms with Gasteiger partial charge < -0.3 is 4.42 Å². The lowest BCUT2D eigenvalue weighted by molar-refractivity contribution is 0.441. The zero-order valence-electron chi connectivity index (χ0n) is 17.2. The summed E-state index contributed by atoms with van der Waals surface area (Å²) in [5.41, 5.74) is 3.65. The normalized spacial score (nSPS) is 15.0. The molecule has 0 saturated heterocycles. The number of nitrogens with zero attached hydrogens (tertiary/aromatic N) is 5. The van der Waals surface area contributed by atoms with Crippen molar-refractivity contribution in [3.8, 4) is 23.0 Å². The first-order valence-electron chi connectivity index (χ1n) is 9.97. The first-order valence-corrected chi connectivity index (χ1v) is 12.4. The summed E-state index contributed by atoms with van der Waals surface area (Å²) < 4.78 is 32.8. The lowest BCUT2D eigenvalue weighted by Crippen LogP contribution is -2.34. The van der Waals surface area contributed by atoms with Crippen molar-refractivity contribution < 1.29 is 14.3 Å². The van der Waals surface area contributed by atoms with Gasteiger partial charge in [0.25, 0.3) is 5.89 Å². The highest BCUT2D eigenvalue weighted by molar-refractivity contribution is 7.89. The lowest BCUT2D eigenvalue weighted by atomic mass is 10.1. The molecule has 4 aromatic rings. The fourth-order valence-electron chi connectivity index (χ4n) is 3.47. The molecule has 4 heterocycles. The first kappa shape index (κ1) is 20.7. The fourth-order valence-corrected chi connectivity index (χ4v) is 5.87. The van der Waals surface area contributed by atoms with E-state index in [1.165, 1.54) is 15.6 Å². The number of aryl methyl sites for hydroxylation is 1. The van der Waals surface area contributed by atoms with Crippen LogP contribution in [0.15, 0.2) is 68.7 Å². The third-order valence-corrected chi connectivity index (χ3v) is 7.93. The van der Waals surface area contributed by atoms with E-state index in [0.717, 1.165) is 11.1 Å². The zero-order valence-corrected chi connectivity index (χ0v) is 18.8. The lowest BCUT2D eigenvalue weighted by Gasteiger charge is -2.25. The molecule has 1 aliphatic heterocycles. The summed E-state index contributed by atoms with van der Waals surface area (Å²) in [6.45, 7) is 2.51. The first-order chi connectivity index (χ1) is 15.5. The number of thiophene rings is 1. The van der Waals surface area contributed by atoms with Crippen molar-refractivity contribution in [3.05, 3.63) is 70.8 Å². The predicted molar refractivity (Wildman–Crippen MR) is 123 cm³/mol. The summed E-state index contributed by atoms with van der Waals surface area (Å²) in [5, 5.41) is 11.7. The molecule has 5 rings (SSSR count). The Morgan fingerprint density at radius 3 is 2.66 bits per heavy atom. The van der Waals surface area contributed by atoms with Gasteiger partial charge in [-0.15, -0.1) is 10.2 Å². The van der Waals surface area contributed by atoms with Crippen molar-refractivity contribution >= 4 is 26.9 Å². The number of benzene rings is 1. The number of sulfonamides is 1. The van der Waals surface area contributed by atoms with E-state index < -0.39 is 10.0 Å². The number of rotatable bonds is 5. The molecule has 1 aromatic carbocycles. The van der Waals surface area contributed by atoms with Crippen LogP contribution in [0.1, 0.15) is 19.2 Å². The van der Waals surface area contributed by atoms with Gasteiger partial charge in [0.05, 0.1) is 22.5 Å². The van der Waals surface area contributed by atoms with Gasteiger partial charge in [-0.1, -0.05) is 24.3 Å². The Kier molecular flexibility index (Phi) is 5.41. The number of hydrogen-bond donors (Lipinski definition) is 0. The number of hydrogen-bond acceptors (Lipinski definition) is 8. The molecule has 0 radical (unpaired) electrons. The van der Waals surface area contributed by atoms with Crippen LogP contribution in [0.4, 0.5) is 0 Å². The van der Waals surface area contributed by atoms with Gasteiger partial charge in [-0.05, 0) is 42.5 Å². The molecule has 0 fully saturated rings. The van der Waals surface area contributed by atoms with Gasteiger partial charge in [0.15, 0.2) is 0 Å². The molecule has 0 saturated carbocycles. The van der Waals surface area contributed by atoms with Gasteiger partial charge in [-0.3, -0.25) is 4.98 Å². The van der Waals surface area contributed by atoms with Crippen LogP contribution in [0, 0.1) is 6.92 Å². The van der Waals surface area contributed by atoms with Crippen LogP contribution < -0.4 is 0 Å². The van der Waals surface area contributed by atoms with E-state index in [0.29, 0.717) is 46.7 Å². The molecule has 0 spiro atoms. The van der Waals surface area contributed by atoms with Crippen LogP contribution in [-0.4, -0.2) is 46.0 Å². The average molecular weight is 468 g/mol. The minimum absolute atomic E-state index is 0. The van der Waals surface area contributed by atoms with Gasteiger partial charge >= 0.3 is 0 Å². The number of aromatic nitrogens is 4. The van der Waals surface area contributed by atoms with Crippen LogP contribution in [0.25, 0.3) is 28.6 Å². The van der Waals surface area contributed by atoms with E-state index in [9.17, 15) is 8.42 Å². The van der Waals surface area contributed by atoms with Crippen LogP contribution in [0.2, 0.25) is 0 Å². The third-order valence-electron chi connectivity index (χ3n) is 5.24. The van der Waals surface area contributed by atoms with Crippen LogP contribution in [0.3, 0.4) is 0 Å². The second-order valence-electron chi connectivity index (χ2n) is 7.27. The monoisotopic (exact) mass is 467 g/mol. The zero-order chi connectivity index (χ0) is 22.1. The van der Waals surface area contributed by atoms with Crippen LogP contribution >= 0.6 is 11.3 Å². The largest absolute Gasteiger partial charge is 0.415 e. The molecule has 8 nitrogen and oxygen atoms in total. The molecule has 32 heavy (non-hydrogen) atoms. The molecule has 10 heteroatoms. The maximum Gasteiger partial charge on any atom is 0.268 e. The topological polar surface area (TPSA) is 102 Å². The van der Waals surface area contributed by atoms with Crippen molar-refractivity contribution in [1.82, 2.24) is 24.5 Å². The minimum Gasteiger partial charge on any atom is -0.415 e. The maximum atomic E-state index is 12.7. The summed E-state index contributed by atoms with van der Waals surface area (Å²) in [5.74, 6) is 0.715. The fraction of sp³-hybridized carbons (Fsp3) is 0.182. The van der Waals surface area contributed by atoms with Crippen LogP contribution in [-0.2, 0) is 10.0 Å². The molecule has 1 aliphatic rings. The Bertz CT molecular complexity index is 1390. The molecule has 0 atom stereocenters.